The van der Waals surface area contributed by atoms with Crippen LogP contribution < -0.4 is 10.2 Å². The summed E-state index contributed by atoms with van der Waals surface area (Å²) < 4.78 is 37.6. The number of rotatable bonds is 4. The lowest BCUT2D eigenvalue weighted by molar-refractivity contribution is -0.185. The fourth-order valence-electron chi connectivity index (χ4n) is 3.33. The molecule has 0 bridgehead atoms. The molecule has 1 N–H and O–H groups in total. The Morgan fingerprint density at radius 2 is 1.47 bits per heavy atom. The van der Waals surface area contributed by atoms with Crippen molar-refractivity contribution in [3.8, 4) is 0 Å². The standard InChI is InChI=1S/C22H24F3N3O2/c1-15(2)16-3-5-17(6-4-16)20(29)26-18-7-9-19(10-8-18)27-11-13-28(14-12-27)21(30)22(23,24)25/h3-10,15H,11-14H2,1-2H3,(H,26,29). The number of halogens is 3. The maximum Gasteiger partial charge on any atom is 0.471 e. The van der Waals surface area contributed by atoms with Crippen LogP contribution in [0.15, 0.2) is 48.5 Å². The molecule has 1 aliphatic heterocycles. The number of carbonyl (C=O) groups is 2. The molecule has 160 valence electrons. The fourth-order valence-corrected chi connectivity index (χ4v) is 3.33. The zero-order valence-corrected chi connectivity index (χ0v) is 16.9. The minimum absolute atomic E-state index is 0.0171. The van der Waals surface area contributed by atoms with Gasteiger partial charge in [-0.3, -0.25) is 9.59 Å². The van der Waals surface area contributed by atoms with Crippen molar-refractivity contribution in [3.63, 3.8) is 0 Å². The van der Waals surface area contributed by atoms with Gasteiger partial charge in [0, 0.05) is 43.1 Å². The first kappa shape index (κ1) is 21.7. The van der Waals surface area contributed by atoms with E-state index in [4.69, 9.17) is 0 Å². The van der Waals surface area contributed by atoms with Crippen molar-refractivity contribution < 1.29 is 22.8 Å². The molecule has 0 atom stereocenters. The Kier molecular flexibility index (Phi) is 6.34. The molecule has 2 amide bonds. The van der Waals surface area contributed by atoms with Crippen molar-refractivity contribution >= 4 is 23.2 Å². The highest BCUT2D eigenvalue weighted by molar-refractivity contribution is 6.04. The Bertz CT molecular complexity index is 885. The first-order chi connectivity index (χ1) is 14.1. The van der Waals surface area contributed by atoms with E-state index in [9.17, 15) is 22.8 Å². The van der Waals surface area contributed by atoms with Crippen LogP contribution in [0.4, 0.5) is 24.5 Å². The maximum atomic E-state index is 12.5. The van der Waals surface area contributed by atoms with Gasteiger partial charge in [-0.1, -0.05) is 26.0 Å². The van der Waals surface area contributed by atoms with E-state index in [1.165, 1.54) is 0 Å². The molecule has 1 fully saturated rings. The van der Waals surface area contributed by atoms with E-state index >= 15 is 0 Å². The lowest BCUT2D eigenvalue weighted by Gasteiger charge is -2.36. The van der Waals surface area contributed by atoms with E-state index in [1.54, 1.807) is 36.4 Å². The summed E-state index contributed by atoms with van der Waals surface area (Å²) in [5.74, 6) is -1.61. The number of carbonyl (C=O) groups excluding carboxylic acids is 2. The van der Waals surface area contributed by atoms with E-state index in [0.717, 1.165) is 16.2 Å². The molecule has 0 saturated carbocycles. The van der Waals surface area contributed by atoms with E-state index in [2.05, 4.69) is 19.2 Å². The molecule has 1 heterocycles. The summed E-state index contributed by atoms with van der Waals surface area (Å²) in [4.78, 5) is 26.5. The molecule has 0 spiro atoms. The van der Waals surface area contributed by atoms with Gasteiger partial charge in [-0.2, -0.15) is 13.2 Å². The van der Waals surface area contributed by atoms with Crippen LogP contribution in [0, 0.1) is 0 Å². The van der Waals surface area contributed by atoms with Crippen LogP contribution >= 0.6 is 0 Å². The first-order valence-electron chi connectivity index (χ1n) is 9.77. The van der Waals surface area contributed by atoms with Gasteiger partial charge in [0.05, 0.1) is 0 Å². The Balaban J connectivity index is 1.56. The van der Waals surface area contributed by atoms with Crippen LogP contribution in [0.2, 0.25) is 0 Å². The predicted octanol–water partition coefficient (Wildman–Crippen LogP) is 4.27. The maximum absolute atomic E-state index is 12.5. The lowest BCUT2D eigenvalue weighted by atomic mass is 10.0. The summed E-state index contributed by atoms with van der Waals surface area (Å²) in [5.41, 5.74) is 3.18. The summed E-state index contributed by atoms with van der Waals surface area (Å²) >= 11 is 0. The SMILES string of the molecule is CC(C)c1ccc(C(=O)Nc2ccc(N3CCN(C(=O)C(F)(F)F)CC3)cc2)cc1. The molecular weight excluding hydrogens is 395 g/mol. The van der Waals surface area contributed by atoms with Crippen molar-refractivity contribution in [2.45, 2.75) is 25.9 Å². The third kappa shape index (κ3) is 5.11. The molecule has 0 aliphatic carbocycles. The highest BCUT2D eigenvalue weighted by Gasteiger charge is 2.43. The zero-order valence-electron chi connectivity index (χ0n) is 16.9. The van der Waals surface area contributed by atoms with Crippen molar-refractivity contribution in [3.05, 3.63) is 59.7 Å². The van der Waals surface area contributed by atoms with Crippen LogP contribution in [0.1, 0.15) is 35.7 Å². The van der Waals surface area contributed by atoms with Gasteiger partial charge in [0.2, 0.25) is 0 Å². The highest BCUT2D eigenvalue weighted by Crippen LogP contribution is 2.23. The third-order valence-corrected chi connectivity index (χ3v) is 5.14. The monoisotopic (exact) mass is 419 g/mol. The Morgan fingerprint density at radius 3 is 1.97 bits per heavy atom. The molecule has 1 aliphatic rings. The summed E-state index contributed by atoms with van der Waals surface area (Å²) in [6.07, 6.45) is -4.84. The van der Waals surface area contributed by atoms with Crippen LogP contribution in [-0.4, -0.2) is 49.1 Å². The Morgan fingerprint density at radius 1 is 0.900 bits per heavy atom. The van der Waals surface area contributed by atoms with Crippen molar-refractivity contribution in [2.24, 2.45) is 0 Å². The van der Waals surface area contributed by atoms with Gasteiger partial charge in [-0.15, -0.1) is 0 Å². The van der Waals surface area contributed by atoms with E-state index in [-0.39, 0.29) is 19.0 Å². The number of hydrogen-bond donors (Lipinski definition) is 1. The van der Waals surface area contributed by atoms with E-state index < -0.39 is 12.1 Å². The predicted molar refractivity (Wildman–Crippen MR) is 110 cm³/mol. The average Bonchev–Trinajstić information content (AvgIpc) is 2.73. The number of anilines is 2. The fraction of sp³-hybridized carbons (Fsp3) is 0.364. The smallest absolute Gasteiger partial charge is 0.368 e. The van der Waals surface area contributed by atoms with Gasteiger partial charge in [0.15, 0.2) is 0 Å². The zero-order chi connectivity index (χ0) is 21.9. The second kappa shape index (κ2) is 8.77. The summed E-state index contributed by atoms with van der Waals surface area (Å²) in [6, 6.07) is 14.6. The van der Waals surface area contributed by atoms with Crippen molar-refractivity contribution in [1.82, 2.24) is 4.90 Å². The van der Waals surface area contributed by atoms with Crippen molar-refractivity contribution in [2.75, 3.05) is 36.4 Å². The van der Waals surface area contributed by atoms with Crippen LogP contribution in [0.3, 0.4) is 0 Å². The van der Waals surface area contributed by atoms with Gasteiger partial charge < -0.3 is 15.1 Å². The minimum Gasteiger partial charge on any atom is -0.368 e. The molecule has 2 aromatic rings. The van der Waals surface area contributed by atoms with E-state index in [0.29, 0.717) is 30.3 Å². The van der Waals surface area contributed by atoms with Gasteiger partial charge in [-0.05, 0) is 47.9 Å². The molecule has 0 unspecified atom stereocenters. The summed E-state index contributed by atoms with van der Waals surface area (Å²) in [6.45, 7) is 4.84. The topological polar surface area (TPSA) is 52.7 Å². The van der Waals surface area contributed by atoms with Crippen LogP contribution in [-0.2, 0) is 4.79 Å². The molecule has 8 heteroatoms. The lowest BCUT2D eigenvalue weighted by Crippen LogP contribution is -2.52. The van der Waals surface area contributed by atoms with Crippen LogP contribution in [0.25, 0.3) is 0 Å². The Labute approximate surface area is 173 Å². The van der Waals surface area contributed by atoms with Crippen LogP contribution in [0.5, 0.6) is 0 Å². The number of nitrogens with zero attached hydrogens (tertiary/aromatic N) is 2. The molecule has 0 aromatic heterocycles. The van der Waals surface area contributed by atoms with Gasteiger partial charge >= 0.3 is 12.1 Å². The second-order valence-corrected chi connectivity index (χ2v) is 7.55. The second-order valence-electron chi connectivity index (χ2n) is 7.55. The molecule has 0 radical (unpaired) electrons. The van der Waals surface area contributed by atoms with Gasteiger partial charge in [-0.25, -0.2) is 0 Å². The number of amides is 2. The first-order valence-corrected chi connectivity index (χ1v) is 9.77. The molecule has 30 heavy (non-hydrogen) atoms. The molecular formula is C22H24F3N3O2. The molecule has 1 saturated heterocycles. The quantitative estimate of drug-likeness (QED) is 0.805. The minimum atomic E-state index is -4.84. The number of nitrogens with one attached hydrogen (secondary N) is 1. The summed E-state index contributed by atoms with van der Waals surface area (Å²) in [5, 5.41) is 2.84. The number of benzene rings is 2. The van der Waals surface area contributed by atoms with Gasteiger partial charge in [0.25, 0.3) is 5.91 Å². The van der Waals surface area contributed by atoms with E-state index in [1.807, 2.05) is 17.0 Å². The number of piperazine rings is 1. The highest BCUT2D eigenvalue weighted by atomic mass is 19.4. The normalized spacial score (nSPS) is 14.7. The Hall–Kier alpha value is -3.03. The summed E-state index contributed by atoms with van der Waals surface area (Å²) in [7, 11) is 0. The number of hydrogen-bond acceptors (Lipinski definition) is 3. The number of alkyl halides is 3. The van der Waals surface area contributed by atoms with Gasteiger partial charge in [0.1, 0.15) is 0 Å². The molecule has 2 aromatic carbocycles. The average molecular weight is 419 g/mol. The largest absolute Gasteiger partial charge is 0.471 e. The third-order valence-electron chi connectivity index (χ3n) is 5.14. The molecule has 5 nitrogen and oxygen atoms in total. The van der Waals surface area contributed by atoms with Crippen molar-refractivity contribution in [1.29, 1.82) is 0 Å². The molecule has 3 rings (SSSR count).